The van der Waals surface area contributed by atoms with Gasteiger partial charge in [0.2, 0.25) is 11.8 Å². The van der Waals surface area contributed by atoms with E-state index in [0.29, 0.717) is 35.3 Å². The van der Waals surface area contributed by atoms with Gasteiger partial charge in [0.05, 0.1) is 16.8 Å². The Hall–Kier alpha value is -2.87. The maximum Gasteiger partial charge on any atom is 0.416 e. The Labute approximate surface area is 159 Å². The zero-order valence-electron chi connectivity index (χ0n) is 15.1. The molecule has 3 aromatic rings. The summed E-state index contributed by atoms with van der Waals surface area (Å²) in [5.41, 5.74) is 0.544. The molecule has 0 amide bonds. The number of anilines is 2. The SMILES string of the molecule is CC1(c2nnc(-c3ccccc3Nc3ccc(C(F)(F)F)cc3)o2)CCCO1. The molecule has 1 fully saturated rings. The molecule has 8 heteroatoms. The molecule has 1 aliphatic rings. The third kappa shape index (κ3) is 3.60. The Morgan fingerprint density at radius 1 is 1.04 bits per heavy atom. The molecule has 1 aromatic heterocycles. The highest BCUT2D eigenvalue weighted by atomic mass is 19.4. The van der Waals surface area contributed by atoms with Gasteiger partial charge in [0, 0.05) is 12.3 Å². The van der Waals surface area contributed by atoms with Crippen molar-refractivity contribution in [3.05, 3.63) is 60.0 Å². The summed E-state index contributed by atoms with van der Waals surface area (Å²) in [4.78, 5) is 0. The quantitative estimate of drug-likeness (QED) is 0.636. The van der Waals surface area contributed by atoms with Crippen molar-refractivity contribution < 1.29 is 22.3 Å². The second kappa shape index (κ2) is 6.94. The summed E-state index contributed by atoms with van der Waals surface area (Å²) < 4.78 is 49.8. The molecule has 1 aliphatic heterocycles. The van der Waals surface area contributed by atoms with Gasteiger partial charge in [0.15, 0.2) is 0 Å². The Morgan fingerprint density at radius 3 is 2.46 bits per heavy atom. The van der Waals surface area contributed by atoms with Gasteiger partial charge < -0.3 is 14.5 Å². The number of para-hydroxylation sites is 1. The maximum absolute atomic E-state index is 12.7. The van der Waals surface area contributed by atoms with E-state index in [1.807, 2.05) is 25.1 Å². The lowest BCUT2D eigenvalue weighted by molar-refractivity contribution is -0.137. The third-order valence-electron chi connectivity index (χ3n) is 4.74. The van der Waals surface area contributed by atoms with Gasteiger partial charge in [-0.05, 0) is 56.2 Å². The van der Waals surface area contributed by atoms with Crippen molar-refractivity contribution in [3.8, 4) is 11.5 Å². The molecule has 0 aliphatic carbocycles. The first-order chi connectivity index (χ1) is 13.4. The lowest BCUT2D eigenvalue weighted by Crippen LogP contribution is -2.20. The van der Waals surface area contributed by atoms with Crippen LogP contribution < -0.4 is 5.32 Å². The van der Waals surface area contributed by atoms with Crippen LogP contribution in [0, 0.1) is 0 Å². The van der Waals surface area contributed by atoms with Gasteiger partial charge >= 0.3 is 6.18 Å². The summed E-state index contributed by atoms with van der Waals surface area (Å²) in [6.07, 6.45) is -2.63. The molecule has 5 nitrogen and oxygen atoms in total. The first kappa shape index (κ1) is 18.5. The summed E-state index contributed by atoms with van der Waals surface area (Å²) in [5, 5.41) is 11.4. The summed E-state index contributed by atoms with van der Waals surface area (Å²) in [6.45, 7) is 2.57. The van der Waals surface area contributed by atoms with E-state index in [9.17, 15) is 13.2 Å². The average Bonchev–Trinajstić information content (AvgIpc) is 3.32. The van der Waals surface area contributed by atoms with E-state index >= 15 is 0 Å². The van der Waals surface area contributed by atoms with E-state index in [0.717, 1.165) is 25.0 Å². The van der Waals surface area contributed by atoms with Crippen molar-refractivity contribution >= 4 is 11.4 Å². The van der Waals surface area contributed by atoms with Gasteiger partial charge in [-0.15, -0.1) is 10.2 Å². The van der Waals surface area contributed by atoms with E-state index < -0.39 is 17.3 Å². The Balaban J connectivity index is 1.60. The molecule has 0 saturated carbocycles. The van der Waals surface area contributed by atoms with Gasteiger partial charge in [0.1, 0.15) is 5.60 Å². The van der Waals surface area contributed by atoms with E-state index in [2.05, 4.69) is 15.5 Å². The smallest absolute Gasteiger partial charge is 0.416 e. The molecule has 0 spiro atoms. The van der Waals surface area contributed by atoms with Crippen LogP contribution in [0.2, 0.25) is 0 Å². The van der Waals surface area contributed by atoms with Crippen LogP contribution in [0.5, 0.6) is 0 Å². The Kier molecular flexibility index (Phi) is 4.58. The Morgan fingerprint density at radius 2 is 1.79 bits per heavy atom. The fourth-order valence-corrected chi connectivity index (χ4v) is 3.17. The monoisotopic (exact) mass is 389 g/mol. The maximum atomic E-state index is 12.7. The van der Waals surface area contributed by atoms with Crippen LogP contribution in [0.1, 0.15) is 31.2 Å². The van der Waals surface area contributed by atoms with Crippen LogP contribution >= 0.6 is 0 Å². The van der Waals surface area contributed by atoms with Crippen molar-refractivity contribution in [2.45, 2.75) is 31.5 Å². The molecule has 1 saturated heterocycles. The fraction of sp³-hybridized carbons (Fsp3) is 0.300. The molecule has 146 valence electrons. The van der Waals surface area contributed by atoms with Crippen molar-refractivity contribution in [1.82, 2.24) is 10.2 Å². The molecule has 1 atom stereocenters. The van der Waals surface area contributed by atoms with Crippen molar-refractivity contribution in [2.24, 2.45) is 0 Å². The molecule has 1 unspecified atom stereocenters. The molecule has 2 heterocycles. The van der Waals surface area contributed by atoms with E-state index in [4.69, 9.17) is 9.15 Å². The van der Waals surface area contributed by atoms with Gasteiger partial charge in [-0.25, -0.2) is 0 Å². The van der Waals surface area contributed by atoms with Crippen LogP contribution in [0.4, 0.5) is 24.5 Å². The van der Waals surface area contributed by atoms with E-state index in [-0.39, 0.29) is 0 Å². The topological polar surface area (TPSA) is 60.2 Å². The summed E-state index contributed by atoms with van der Waals surface area (Å²) in [7, 11) is 0. The highest BCUT2D eigenvalue weighted by molar-refractivity contribution is 5.76. The first-order valence-corrected chi connectivity index (χ1v) is 8.87. The molecule has 28 heavy (non-hydrogen) atoms. The highest BCUT2D eigenvalue weighted by Crippen LogP contribution is 2.37. The number of rotatable bonds is 4. The number of alkyl halides is 3. The number of nitrogens with one attached hydrogen (secondary N) is 1. The summed E-state index contributed by atoms with van der Waals surface area (Å²) in [5.74, 6) is 0.742. The zero-order chi connectivity index (χ0) is 19.8. The largest absolute Gasteiger partial charge is 0.417 e. The minimum atomic E-state index is -4.37. The number of halogens is 3. The summed E-state index contributed by atoms with van der Waals surface area (Å²) in [6, 6.07) is 12.1. The minimum absolute atomic E-state index is 0.321. The molecule has 1 N–H and O–H groups in total. The number of hydrogen-bond donors (Lipinski definition) is 1. The molecular weight excluding hydrogens is 371 g/mol. The zero-order valence-corrected chi connectivity index (χ0v) is 15.1. The second-order valence-corrected chi connectivity index (χ2v) is 6.84. The fourth-order valence-electron chi connectivity index (χ4n) is 3.17. The van der Waals surface area contributed by atoms with Crippen LogP contribution in [0.15, 0.2) is 52.9 Å². The first-order valence-electron chi connectivity index (χ1n) is 8.87. The number of aromatic nitrogens is 2. The summed E-state index contributed by atoms with van der Waals surface area (Å²) >= 11 is 0. The van der Waals surface area contributed by atoms with Gasteiger partial charge in [-0.3, -0.25) is 0 Å². The van der Waals surface area contributed by atoms with Crippen molar-refractivity contribution in [1.29, 1.82) is 0 Å². The number of benzene rings is 2. The van der Waals surface area contributed by atoms with Crippen LogP contribution in [0.3, 0.4) is 0 Å². The highest BCUT2D eigenvalue weighted by Gasteiger charge is 2.37. The van der Waals surface area contributed by atoms with E-state index in [1.54, 1.807) is 6.07 Å². The minimum Gasteiger partial charge on any atom is -0.417 e. The van der Waals surface area contributed by atoms with Crippen LogP contribution in [-0.4, -0.2) is 16.8 Å². The van der Waals surface area contributed by atoms with Crippen molar-refractivity contribution in [2.75, 3.05) is 11.9 Å². The molecule has 4 rings (SSSR count). The lowest BCUT2D eigenvalue weighted by Gasteiger charge is -2.17. The number of hydrogen-bond acceptors (Lipinski definition) is 5. The predicted octanol–water partition coefficient (Wildman–Crippen LogP) is 5.52. The third-order valence-corrected chi connectivity index (χ3v) is 4.74. The van der Waals surface area contributed by atoms with Gasteiger partial charge in [-0.1, -0.05) is 12.1 Å². The van der Waals surface area contributed by atoms with Crippen LogP contribution in [-0.2, 0) is 16.5 Å². The molecule has 2 aromatic carbocycles. The predicted molar refractivity (Wildman–Crippen MR) is 97.0 cm³/mol. The lowest BCUT2D eigenvalue weighted by atomic mass is 10.0. The van der Waals surface area contributed by atoms with Crippen LogP contribution in [0.25, 0.3) is 11.5 Å². The number of nitrogens with zero attached hydrogens (tertiary/aromatic N) is 2. The molecular formula is C20H18F3N3O2. The normalized spacial score (nSPS) is 19.7. The average molecular weight is 389 g/mol. The molecule has 0 bridgehead atoms. The molecule has 0 radical (unpaired) electrons. The Bertz CT molecular complexity index is 961. The van der Waals surface area contributed by atoms with E-state index in [1.165, 1.54) is 12.1 Å². The number of ether oxygens (including phenoxy) is 1. The van der Waals surface area contributed by atoms with Crippen molar-refractivity contribution in [3.63, 3.8) is 0 Å². The van der Waals surface area contributed by atoms with Gasteiger partial charge in [-0.2, -0.15) is 13.2 Å². The van der Waals surface area contributed by atoms with Gasteiger partial charge in [0.25, 0.3) is 0 Å². The standard InChI is InChI=1S/C20H18F3N3O2/c1-19(11-4-12-27-19)18-26-25-17(28-18)15-5-2-3-6-16(15)24-14-9-7-13(8-10-14)20(21,22)23/h2-3,5-10,24H,4,11-12H2,1H3. The second-order valence-electron chi connectivity index (χ2n) is 6.84.